The van der Waals surface area contributed by atoms with Gasteiger partial charge < -0.3 is 5.32 Å². The van der Waals surface area contributed by atoms with Crippen molar-refractivity contribution in [2.45, 2.75) is 51.2 Å². The Labute approximate surface area is 109 Å². The van der Waals surface area contributed by atoms with Crippen molar-refractivity contribution in [1.29, 1.82) is 0 Å². The van der Waals surface area contributed by atoms with Crippen LogP contribution < -0.4 is 10.5 Å². The van der Waals surface area contributed by atoms with Crippen molar-refractivity contribution in [3.8, 4) is 0 Å². The van der Waals surface area contributed by atoms with Gasteiger partial charge in [-0.3, -0.25) is 4.68 Å². The quantitative estimate of drug-likeness (QED) is 0.726. The standard InChI is InChI=1S/C11H22N4O2S/c1-4-5-6-13-7-10-8-14-15(9(2)3)11(10)18(12,16)17/h8-9,13H,4-7H2,1-3H3,(H2,12,16,17). The number of unbranched alkanes of at least 4 members (excludes halogenated alkanes) is 1. The fourth-order valence-electron chi connectivity index (χ4n) is 1.71. The maximum atomic E-state index is 11.6. The van der Waals surface area contributed by atoms with Crippen molar-refractivity contribution in [3.63, 3.8) is 0 Å². The number of sulfonamides is 1. The van der Waals surface area contributed by atoms with Crippen molar-refractivity contribution in [1.82, 2.24) is 15.1 Å². The molecule has 1 aromatic rings. The molecule has 0 aliphatic heterocycles. The Morgan fingerprint density at radius 3 is 2.67 bits per heavy atom. The van der Waals surface area contributed by atoms with E-state index < -0.39 is 10.0 Å². The summed E-state index contributed by atoms with van der Waals surface area (Å²) in [5.74, 6) is 0. The van der Waals surface area contributed by atoms with E-state index in [0.29, 0.717) is 12.1 Å². The Hall–Kier alpha value is -0.920. The lowest BCUT2D eigenvalue weighted by Crippen LogP contribution is -2.23. The van der Waals surface area contributed by atoms with E-state index in [1.807, 2.05) is 13.8 Å². The SMILES string of the molecule is CCCCNCc1cnn(C(C)C)c1S(N)(=O)=O. The molecule has 1 heterocycles. The third-order valence-electron chi connectivity index (χ3n) is 2.60. The average Bonchev–Trinajstić information content (AvgIpc) is 2.68. The molecule has 0 aromatic carbocycles. The van der Waals surface area contributed by atoms with Crippen LogP contribution in [0.5, 0.6) is 0 Å². The van der Waals surface area contributed by atoms with Crippen molar-refractivity contribution in [2.75, 3.05) is 6.54 Å². The zero-order chi connectivity index (χ0) is 13.8. The van der Waals surface area contributed by atoms with Crippen LogP contribution in [0.25, 0.3) is 0 Å². The van der Waals surface area contributed by atoms with Gasteiger partial charge in [0.05, 0.1) is 6.20 Å². The van der Waals surface area contributed by atoms with E-state index in [1.165, 1.54) is 4.68 Å². The summed E-state index contributed by atoms with van der Waals surface area (Å²) in [4.78, 5) is 0. The number of primary sulfonamides is 1. The van der Waals surface area contributed by atoms with E-state index in [0.717, 1.165) is 19.4 Å². The highest BCUT2D eigenvalue weighted by Gasteiger charge is 2.22. The predicted octanol–water partition coefficient (Wildman–Crippen LogP) is 1.00. The Balaban J connectivity index is 2.92. The molecular weight excluding hydrogens is 252 g/mol. The molecule has 3 N–H and O–H groups in total. The summed E-state index contributed by atoms with van der Waals surface area (Å²) in [6.45, 7) is 7.17. The highest BCUT2D eigenvalue weighted by atomic mass is 32.2. The normalized spacial score (nSPS) is 12.3. The fraction of sp³-hybridized carbons (Fsp3) is 0.727. The number of hydrogen-bond acceptors (Lipinski definition) is 4. The van der Waals surface area contributed by atoms with Gasteiger partial charge in [-0.2, -0.15) is 5.10 Å². The van der Waals surface area contributed by atoms with Crippen LogP contribution in [-0.4, -0.2) is 24.7 Å². The molecule has 0 bridgehead atoms. The average molecular weight is 274 g/mol. The molecule has 0 unspecified atom stereocenters. The molecule has 0 radical (unpaired) electrons. The maximum Gasteiger partial charge on any atom is 0.255 e. The molecule has 0 amide bonds. The van der Waals surface area contributed by atoms with Crippen molar-refractivity contribution < 1.29 is 8.42 Å². The minimum Gasteiger partial charge on any atom is -0.313 e. The highest BCUT2D eigenvalue weighted by Crippen LogP contribution is 2.18. The molecule has 6 nitrogen and oxygen atoms in total. The Bertz CT molecular complexity index is 479. The van der Waals surface area contributed by atoms with Crippen LogP contribution in [0, 0.1) is 0 Å². The third-order valence-corrected chi connectivity index (χ3v) is 3.59. The van der Waals surface area contributed by atoms with Crippen molar-refractivity contribution >= 4 is 10.0 Å². The number of hydrogen-bond donors (Lipinski definition) is 2. The number of nitrogens with one attached hydrogen (secondary N) is 1. The summed E-state index contributed by atoms with van der Waals surface area (Å²) in [7, 11) is -3.75. The lowest BCUT2D eigenvalue weighted by Gasteiger charge is -2.11. The van der Waals surface area contributed by atoms with E-state index in [9.17, 15) is 8.42 Å². The molecule has 7 heteroatoms. The first-order valence-corrected chi connectivity index (χ1v) is 7.72. The number of nitrogens with two attached hydrogens (primary N) is 1. The Morgan fingerprint density at radius 1 is 1.50 bits per heavy atom. The predicted molar refractivity (Wildman–Crippen MR) is 70.6 cm³/mol. The van der Waals surface area contributed by atoms with Crippen LogP contribution in [0.15, 0.2) is 11.2 Å². The van der Waals surface area contributed by atoms with E-state index in [4.69, 9.17) is 5.14 Å². The zero-order valence-electron chi connectivity index (χ0n) is 11.2. The molecule has 0 spiro atoms. The van der Waals surface area contributed by atoms with Gasteiger partial charge in [-0.1, -0.05) is 13.3 Å². The van der Waals surface area contributed by atoms with Gasteiger partial charge in [0.25, 0.3) is 10.0 Å². The molecule has 0 saturated heterocycles. The Kier molecular flexibility index (Phi) is 5.30. The summed E-state index contributed by atoms with van der Waals surface area (Å²) < 4.78 is 24.7. The first-order chi connectivity index (χ1) is 8.38. The molecule has 0 fully saturated rings. The first kappa shape index (κ1) is 15.1. The van der Waals surface area contributed by atoms with Crippen molar-refractivity contribution in [3.05, 3.63) is 11.8 Å². The van der Waals surface area contributed by atoms with Gasteiger partial charge in [0, 0.05) is 18.2 Å². The summed E-state index contributed by atoms with van der Waals surface area (Å²) in [6.07, 6.45) is 3.72. The van der Waals surface area contributed by atoms with Crippen LogP contribution in [0.3, 0.4) is 0 Å². The Morgan fingerprint density at radius 2 is 2.17 bits per heavy atom. The smallest absolute Gasteiger partial charge is 0.255 e. The molecule has 1 aromatic heterocycles. The van der Waals surface area contributed by atoms with Crippen LogP contribution in [0.2, 0.25) is 0 Å². The van der Waals surface area contributed by atoms with E-state index >= 15 is 0 Å². The molecular formula is C11H22N4O2S. The number of nitrogens with zero attached hydrogens (tertiary/aromatic N) is 2. The van der Waals surface area contributed by atoms with Gasteiger partial charge >= 0.3 is 0 Å². The molecule has 0 atom stereocenters. The number of rotatable bonds is 7. The molecule has 104 valence electrons. The van der Waals surface area contributed by atoms with E-state index in [-0.39, 0.29) is 11.1 Å². The minimum atomic E-state index is -3.75. The maximum absolute atomic E-state index is 11.6. The van der Waals surface area contributed by atoms with E-state index in [2.05, 4.69) is 17.3 Å². The van der Waals surface area contributed by atoms with Gasteiger partial charge in [0.1, 0.15) is 0 Å². The molecule has 1 rings (SSSR count). The van der Waals surface area contributed by atoms with Crippen LogP contribution in [0.1, 0.15) is 45.2 Å². The summed E-state index contributed by atoms with van der Waals surface area (Å²) >= 11 is 0. The molecule has 0 aliphatic rings. The van der Waals surface area contributed by atoms with Crippen molar-refractivity contribution in [2.24, 2.45) is 5.14 Å². The summed E-state index contributed by atoms with van der Waals surface area (Å²) in [5, 5.41) is 12.7. The lowest BCUT2D eigenvalue weighted by molar-refractivity contribution is 0.475. The first-order valence-electron chi connectivity index (χ1n) is 6.17. The van der Waals surface area contributed by atoms with Gasteiger partial charge in [0.2, 0.25) is 0 Å². The monoisotopic (exact) mass is 274 g/mol. The van der Waals surface area contributed by atoms with Gasteiger partial charge in [-0.25, -0.2) is 13.6 Å². The molecule has 0 aliphatic carbocycles. The second kappa shape index (κ2) is 6.31. The molecule has 0 saturated carbocycles. The fourth-order valence-corrected chi connectivity index (χ4v) is 2.72. The minimum absolute atomic E-state index is 0.0392. The van der Waals surface area contributed by atoms with Gasteiger partial charge in [0.15, 0.2) is 5.03 Å². The van der Waals surface area contributed by atoms with Gasteiger partial charge in [-0.15, -0.1) is 0 Å². The van der Waals surface area contributed by atoms with E-state index in [1.54, 1.807) is 6.20 Å². The topological polar surface area (TPSA) is 90.0 Å². The molecule has 18 heavy (non-hydrogen) atoms. The van der Waals surface area contributed by atoms with Crippen LogP contribution >= 0.6 is 0 Å². The highest BCUT2D eigenvalue weighted by molar-refractivity contribution is 7.89. The zero-order valence-corrected chi connectivity index (χ0v) is 12.0. The summed E-state index contributed by atoms with van der Waals surface area (Å²) in [5.41, 5.74) is 0.627. The van der Waals surface area contributed by atoms with Crippen LogP contribution in [0.4, 0.5) is 0 Å². The van der Waals surface area contributed by atoms with Crippen LogP contribution in [-0.2, 0) is 16.6 Å². The lowest BCUT2D eigenvalue weighted by atomic mass is 10.3. The second-order valence-electron chi connectivity index (χ2n) is 4.59. The largest absolute Gasteiger partial charge is 0.313 e. The summed E-state index contributed by atoms with van der Waals surface area (Å²) in [6, 6.07) is -0.0392. The second-order valence-corrected chi connectivity index (χ2v) is 6.07. The number of aromatic nitrogens is 2. The van der Waals surface area contributed by atoms with Gasteiger partial charge in [-0.05, 0) is 26.8 Å². The third kappa shape index (κ3) is 3.79.